The molecule has 68 valence electrons. The Morgan fingerprint density at radius 1 is 1.38 bits per heavy atom. The van der Waals surface area contributed by atoms with Crippen molar-refractivity contribution in [2.24, 2.45) is 0 Å². The second kappa shape index (κ2) is 3.00. The molecule has 0 spiro atoms. The lowest BCUT2D eigenvalue weighted by Gasteiger charge is -2.04. The summed E-state index contributed by atoms with van der Waals surface area (Å²) >= 11 is 0. The van der Waals surface area contributed by atoms with E-state index in [9.17, 15) is 0 Å². The average Bonchev–Trinajstić information content (AvgIpc) is 2.87. The van der Waals surface area contributed by atoms with Crippen LogP contribution in [0.1, 0.15) is 19.4 Å². The van der Waals surface area contributed by atoms with E-state index in [0.29, 0.717) is 0 Å². The summed E-state index contributed by atoms with van der Waals surface area (Å²) in [5.41, 5.74) is 2.57. The van der Waals surface area contributed by atoms with E-state index in [1.807, 2.05) is 6.07 Å². The third-order valence-corrected chi connectivity index (χ3v) is 2.59. The number of benzene rings is 1. The highest BCUT2D eigenvalue weighted by Crippen LogP contribution is 2.34. The maximum atomic E-state index is 5.36. The second-order valence-corrected chi connectivity index (χ2v) is 3.76. The van der Waals surface area contributed by atoms with Gasteiger partial charge >= 0.3 is 0 Å². The van der Waals surface area contributed by atoms with Crippen molar-refractivity contribution < 1.29 is 4.74 Å². The third-order valence-electron chi connectivity index (χ3n) is 2.59. The molecule has 1 aliphatic heterocycles. The van der Waals surface area contributed by atoms with E-state index in [4.69, 9.17) is 4.74 Å². The van der Waals surface area contributed by atoms with E-state index >= 15 is 0 Å². The lowest BCUT2D eigenvalue weighted by molar-refractivity contribution is 0.359. The van der Waals surface area contributed by atoms with Crippen LogP contribution >= 0.6 is 0 Å². The van der Waals surface area contributed by atoms with Crippen molar-refractivity contribution in [1.82, 2.24) is 0 Å². The molecule has 2 rings (SSSR count). The van der Waals surface area contributed by atoms with E-state index in [1.165, 1.54) is 11.1 Å². The van der Waals surface area contributed by atoms with Crippen molar-refractivity contribution in [2.45, 2.75) is 19.4 Å². The van der Waals surface area contributed by atoms with Crippen molar-refractivity contribution in [3.63, 3.8) is 0 Å². The fourth-order valence-corrected chi connectivity index (χ4v) is 1.29. The van der Waals surface area contributed by atoms with Crippen molar-refractivity contribution >= 4 is 6.08 Å². The molecule has 1 unspecified atom stereocenters. The van der Waals surface area contributed by atoms with Gasteiger partial charge in [-0.25, -0.2) is 0 Å². The Labute approximate surface area is 79.0 Å². The van der Waals surface area contributed by atoms with Crippen molar-refractivity contribution in [3.05, 3.63) is 41.5 Å². The quantitative estimate of drug-likeness (QED) is 0.628. The first-order valence-electron chi connectivity index (χ1n) is 4.58. The topological polar surface area (TPSA) is 12.5 Å². The molecular formula is C12H14O. The van der Waals surface area contributed by atoms with Gasteiger partial charge in [0.1, 0.15) is 5.60 Å². The standard InChI is InChI=1S/C12H14O/c1-10(12(2)9-13-12)8-11-6-4-3-5-7-11/h3-8H,9H2,1-2H3/b10-8-. The largest absolute Gasteiger partial charge is 0.365 e. The van der Waals surface area contributed by atoms with E-state index < -0.39 is 0 Å². The summed E-state index contributed by atoms with van der Waals surface area (Å²) < 4.78 is 5.36. The Balaban J connectivity index is 2.21. The van der Waals surface area contributed by atoms with Crippen LogP contribution in [0.3, 0.4) is 0 Å². The molecule has 1 aromatic carbocycles. The number of hydrogen-bond donors (Lipinski definition) is 0. The molecule has 0 radical (unpaired) electrons. The summed E-state index contributed by atoms with van der Waals surface area (Å²) in [4.78, 5) is 0. The summed E-state index contributed by atoms with van der Waals surface area (Å²) in [5, 5.41) is 0. The lowest BCUT2D eigenvalue weighted by Crippen LogP contribution is -2.05. The first-order valence-corrected chi connectivity index (χ1v) is 4.58. The Morgan fingerprint density at radius 3 is 2.54 bits per heavy atom. The molecule has 0 aromatic heterocycles. The zero-order valence-corrected chi connectivity index (χ0v) is 8.08. The Hall–Kier alpha value is -1.08. The molecule has 0 aliphatic carbocycles. The zero-order valence-electron chi connectivity index (χ0n) is 8.08. The molecular weight excluding hydrogens is 160 g/mol. The fraction of sp³-hybridized carbons (Fsp3) is 0.333. The van der Waals surface area contributed by atoms with E-state index in [1.54, 1.807) is 0 Å². The molecule has 0 saturated carbocycles. The van der Waals surface area contributed by atoms with Crippen LogP contribution < -0.4 is 0 Å². The monoisotopic (exact) mass is 174 g/mol. The summed E-state index contributed by atoms with van der Waals surface area (Å²) in [6.07, 6.45) is 2.19. The minimum absolute atomic E-state index is 0.0237. The van der Waals surface area contributed by atoms with Crippen LogP contribution in [0.5, 0.6) is 0 Å². The van der Waals surface area contributed by atoms with E-state index in [-0.39, 0.29) is 5.60 Å². The molecule has 13 heavy (non-hydrogen) atoms. The number of hydrogen-bond acceptors (Lipinski definition) is 1. The number of epoxide rings is 1. The number of rotatable bonds is 2. The summed E-state index contributed by atoms with van der Waals surface area (Å²) in [7, 11) is 0. The first-order chi connectivity index (χ1) is 6.21. The Kier molecular flexibility index (Phi) is 1.97. The van der Waals surface area contributed by atoms with Crippen LogP contribution in [-0.4, -0.2) is 12.2 Å². The Bertz CT molecular complexity index is 320. The predicted octanol–water partition coefficient (Wildman–Crippen LogP) is 2.88. The van der Waals surface area contributed by atoms with Gasteiger partial charge in [0.2, 0.25) is 0 Å². The molecule has 1 saturated heterocycles. The molecule has 1 atom stereocenters. The van der Waals surface area contributed by atoms with E-state index in [0.717, 1.165) is 6.61 Å². The smallest absolute Gasteiger partial charge is 0.110 e. The second-order valence-electron chi connectivity index (χ2n) is 3.76. The van der Waals surface area contributed by atoms with Gasteiger partial charge < -0.3 is 4.74 Å². The summed E-state index contributed by atoms with van der Waals surface area (Å²) in [6, 6.07) is 10.3. The van der Waals surface area contributed by atoms with Crippen LogP contribution in [0, 0.1) is 0 Å². The highest BCUT2D eigenvalue weighted by molar-refractivity contribution is 5.55. The molecule has 1 heteroatoms. The average molecular weight is 174 g/mol. The van der Waals surface area contributed by atoms with Crippen molar-refractivity contribution in [3.8, 4) is 0 Å². The minimum Gasteiger partial charge on any atom is -0.365 e. The molecule has 0 bridgehead atoms. The molecule has 1 aromatic rings. The van der Waals surface area contributed by atoms with Gasteiger partial charge in [-0.1, -0.05) is 36.4 Å². The van der Waals surface area contributed by atoms with Gasteiger partial charge in [0.25, 0.3) is 0 Å². The maximum absolute atomic E-state index is 5.36. The van der Waals surface area contributed by atoms with Crippen LogP contribution in [0.25, 0.3) is 6.08 Å². The highest BCUT2D eigenvalue weighted by Gasteiger charge is 2.40. The van der Waals surface area contributed by atoms with Crippen LogP contribution in [0.2, 0.25) is 0 Å². The predicted molar refractivity (Wildman–Crippen MR) is 54.5 cm³/mol. The molecule has 1 fully saturated rings. The van der Waals surface area contributed by atoms with Gasteiger partial charge in [0.15, 0.2) is 0 Å². The van der Waals surface area contributed by atoms with Gasteiger partial charge in [-0.3, -0.25) is 0 Å². The molecule has 1 heterocycles. The van der Waals surface area contributed by atoms with Gasteiger partial charge in [-0.2, -0.15) is 0 Å². The van der Waals surface area contributed by atoms with Crippen LogP contribution in [0.15, 0.2) is 35.9 Å². The van der Waals surface area contributed by atoms with E-state index in [2.05, 4.69) is 44.2 Å². The third kappa shape index (κ3) is 1.81. The van der Waals surface area contributed by atoms with Gasteiger partial charge in [-0.15, -0.1) is 0 Å². The van der Waals surface area contributed by atoms with Crippen LogP contribution in [0.4, 0.5) is 0 Å². The molecule has 0 N–H and O–H groups in total. The maximum Gasteiger partial charge on any atom is 0.110 e. The van der Waals surface area contributed by atoms with Crippen molar-refractivity contribution in [2.75, 3.05) is 6.61 Å². The highest BCUT2D eigenvalue weighted by atomic mass is 16.6. The fourth-order valence-electron chi connectivity index (χ4n) is 1.29. The zero-order chi connectivity index (χ0) is 9.31. The first kappa shape index (κ1) is 8.52. The molecule has 1 aliphatic rings. The SMILES string of the molecule is C/C(=C/c1ccccc1)C1(C)CO1. The van der Waals surface area contributed by atoms with Gasteiger partial charge in [-0.05, 0) is 25.0 Å². The van der Waals surface area contributed by atoms with Crippen molar-refractivity contribution in [1.29, 1.82) is 0 Å². The molecule has 1 nitrogen and oxygen atoms in total. The summed E-state index contributed by atoms with van der Waals surface area (Å²) in [5.74, 6) is 0. The Morgan fingerprint density at radius 2 is 2.00 bits per heavy atom. The lowest BCUT2D eigenvalue weighted by atomic mass is 10.0. The minimum atomic E-state index is 0.0237. The number of ether oxygens (including phenoxy) is 1. The van der Waals surface area contributed by atoms with Gasteiger partial charge in [0.05, 0.1) is 6.61 Å². The normalized spacial score (nSPS) is 27.4. The molecule has 0 amide bonds. The van der Waals surface area contributed by atoms with Crippen LogP contribution in [-0.2, 0) is 4.74 Å². The summed E-state index contributed by atoms with van der Waals surface area (Å²) in [6.45, 7) is 5.12. The van der Waals surface area contributed by atoms with Gasteiger partial charge in [0, 0.05) is 0 Å².